The van der Waals surface area contributed by atoms with E-state index in [1.165, 1.54) is 16.2 Å². The predicted molar refractivity (Wildman–Crippen MR) is 104 cm³/mol. The lowest BCUT2D eigenvalue weighted by atomic mass is 9.95. The zero-order valence-electron chi connectivity index (χ0n) is 13.4. The number of nitrogens with zero attached hydrogens (tertiary/aromatic N) is 1. The Balaban J connectivity index is 2.06. The molecular formula is C18H16INO4S. The first-order valence-electron chi connectivity index (χ1n) is 7.61. The summed E-state index contributed by atoms with van der Waals surface area (Å²) in [5.41, 5.74) is 0.915. The lowest BCUT2D eigenvalue weighted by molar-refractivity contribution is -0.130. The van der Waals surface area contributed by atoms with E-state index >= 15 is 0 Å². The Bertz CT molecular complexity index is 814. The second-order valence-electron chi connectivity index (χ2n) is 5.51. The molecule has 1 aliphatic heterocycles. The van der Waals surface area contributed by atoms with Crippen LogP contribution in [-0.4, -0.2) is 42.0 Å². The molecule has 0 spiro atoms. The van der Waals surface area contributed by atoms with E-state index in [4.69, 9.17) is 4.74 Å². The first-order valence-corrected chi connectivity index (χ1v) is 9.57. The number of carbonyl (C=O) groups excluding carboxylic acids is 2. The van der Waals surface area contributed by atoms with Gasteiger partial charge < -0.3 is 14.7 Å². The molecule has 0 saturated heterocycles. The molecule has 1 atom stereocenters. The van der Waals surface area contributed by atoms with Crippen molar-refractivity contribution in [3.63, 3.8) is 0 Å². The van der Waals surface area contributed by atoms with Crippen molar-refractivity contribution in [3.05, 3.63) is 67.1 Å². The predicted octanol–water partition coefficient (Wildman–Crippen LogP) is 3.58. The molecule has 130 valence electrons. The van der Waals surface area contributed by atoms with E-state index in [-0.39, 0.29) is 17.9 Å². The van der Waals surface area contributed by atoms with Gasteiger partial charge in [-0.05, 0) is 51.7 Å². The molecule has 1 aromatic heterocycles. The van der Waals surface area contributed by atoms with E-state index in [1.54, 1.807) is 24.6 Å². The lowest BCUT2D eigenvalue weighted by Gasteiger charge is -2.26. The van der Waals surface area contributed by atoms with Gasteiger partial charge in [0.2, 0.25) is 5.78 Å². The summed E-state index contributed by atoms with van der Waals surface area (Å²) in [6, 6.07) is 10.4. The molecule has 2 aromatic rings. The van der Waals surface area contributed by atoms with Crippen LogP contribution in [0.4, 0.5) is 0 Å². The molecule has 5 nitrogen and oxygen atoms in total. The van der Waals surface area contributed by atoms with Crippen LogP contribution in [0.2, 0.25) is 0 Å². The number of hydrogen-bond acceptors (Lipinski definition) is 5. The Morgan fingerprint density at radius 2 is 2.04 bits per heavy atom. The molecule has 0 fully saturated rings. The van der Waals surface area contributed by atoms with E-state index < -0.39 is 17.7 Å². The highest BCUT2D eigenvalue weighted by molar-refractivity contribution is 14.1. The van der Waals surface area contributed by atoms with Gasteiger partial charge in [0.05, 0.1) is 23.1 Å². The summed E-state index contributed by atoms with van der Waals surface area (Å²) in [6.07, 6.45) is 0. The van der Waals surface area contributed by atoms with Gasteiger partial charge >= 0.3 is 0 Å². The van der Waals surface area contributed by atoms with Crippen molar-refractivity contribution >= 4 is 45.6 Å². The van der Waals surface area contributed by atoms with Crippen molar-refractivity contribution in [3.8, 4) is 0 Å². The summed E-state index contributed by atoms with van der Waals surface area (Å²) >= 11 is 3.49. The van der Waals surface area contributed by atoms with Gasteiger partial charge in [0, 0.05) is 17.2 Å². The molecule has 2 heterocycles. The fourth-order valence-electron chi connectivity index (χ4n) is 2.84. The monoisotopic (exact) mass is 469 g/mol. The zero-order chi connectivity index (χ0) is 18.0. The van der Waals surface area contributed by atoms with E-state index in [1.807, 2.05) is 24.3 Å². The Labute approximate surface area is 163 Å². The van der Waals surface area contributed by atoms with Crippen molar-refractivity contribution in [1.29, 1.82) is 0 Å². The summed E-state index contributed by atoms with van der Waals surface area (Å²) in [5.74, 6) is -1.33. The maximum atomic E-state index is 12.9. The van der Waals surface area contributed by atoms with Crippen LogP contribution < -0.4 is 0 Å². The van der Waals surface area contributed by atoms with Gasteiger partial charge in [0.15, 0.2) is 5.76 Å². The summed E-state index contributed by atoms with van der Waals surface area (Å²) in [6.45, 7) is 0.609. The molecule has 7 heteroatoms. The van der Waals surface area contributed by atoms with Gasteiger partial charge in [-0.3, -0.25) is 9.59 Å². The SMILES string of the molecule is COCCN1C(=O)C(O)=C(C(=O)c2cccs2)[C@@H]1c1ccc(I)cc1. The summed E-state index contributed by atoms with van der Waals surface area (Å²) in [7, 11) is 1.55. The summed E-state index contributed by atoms with van der Waals surface area (Å²) in [5, 5.41) is 12.2. The standard InChI is InChI=1S/C18H16INO4S/c1-24-9-8-20-15(11-4-6-12(19)7-5-11)14(17(22)18(20)23)16(21)13-3-2-10-25-13/h2-7,10,15,22H,8-9H2,1H3/t15-/m0/s1. The zero-order valence-corrected chi connectivity index (χ0v) is 16.4. The van der Waals surface area contributed by atoms with Gasteiger partial charge in [0.25, 0.3) is 5.91 Å². The van der Waals surface area contributed by atoms with Crippen molar-refractivity contribution in [2.75, 3.05) is 20.3 Å². The van der Waals surface area contributed by atoms with Crippen molar-refractivity contribution in [1.82, 2.24) is 4.90 Å². The summed E-state index contributed by atoms with van der Waals surface area (Å²) in [4.78, 5) is 27.5. The third-order valence-corrected chi connectivity index (χ3v) is 5.60. The smallest absolute Gasteiger partial charge is 0.290 e. The number of rotatable bonds is 6. The number of hydrogen-bond donors (Lipinski definition) is 1. The second kappa shape index (κ2) is 7.67. The molecule has 1 N–H and O–H groups in total. The number of aliphatic hydroxyl groups excluding tert-OH is 1. The number of ether oxygens (including phenoxy) is 1. The van der Waals surface area contributed by atoms with E-state index in [0.717, 1.165) is 9.13 Å². The van der Waals surface area contributed by atoms with Crippen LogP contribution in [0, 0.1) is 3.57 Å². The first-order chi connectivity index (χ1) is 12.0. The number of amides is 1. The minimum atomic E-state index is -0.616. The molecule has 3 rings (SSSR count). The highest BCUT2D eigenvalue weighted by atomic mass is 127. The van der Waals surface area contributed by atoms with Gasteiger partial charge in [-0.1, -0.05) is 18.2 Å². The van der Waals surface area contributed by atoms with Gasteiger partial charge in [-0.15, -0.1) is 11.3 Å². The number of aliphatic hydroxyl groups is 1. The van der Waals surface area contributed by atoms with Crippen molar-refractivity contribution < 1.29 is 19.4 Å². The highest BCUT2D eigenvalue weighted by Gasteiger charge is 2.43. The lowest BCUT2D eigenvalue weighted by Crippen LogP contribution is -2.33. The Kier molecular flexibility index (Phi) is 5.55. The minimum absolute atomic E-state index is 0.129. The van der Waals surface area contributed by atoms with Crippen LogP contribution in [0.1, 0.15) is 21.3 Å². The average molecular weight is 469 g/mol. The van der Waals surface area contributed by atoms with Gasteiger partial charge in [0.1, 0.15) is 0 Å². The molecule has 0 aliphatic carbocycles. The Morgan fingerprint density at radius 3 is 2.64 bits per heavy atom. The molecule has 1 aliphatic rings. The number of carbonyl (C=O) groups is 2. The van der Waals surface area contributed by atoms with Crippen molar-refractivity contribution in [2.24, 2.45) is 0 Å². The van der Waals surface area contributed by atoms with Crippen LogP contribution in [0.15, 0.2) is 53.1 Å². The topological polar surface area (TPSA) is 66.8 Å². The van der Waals surface area contributed by atoms with E-state index in [2.05, 4.69) is 22.6 Å². The highest BCUT2D eigenvalue weighted by Crippen LogP contribution is 2.39. The van der Waals surface area contributed by atoms with Crippen molar-refractivity contribution in [2.45, 2.75) is 6.04 Å². The van der Waals surface area contributed by atoms with Crippen LogP contribution in [0.25, 0.3) is 0 Å². The molecule has 0 unspecified atom stereocenters. The average Bonchev–Trinajstić information content (AvgIpc) is 3.22. The third-order valence-electron chi connectivity index (χ3n) is 4.02. The van der Waals surface area contributed by atoms with Crippen LogP contribution in [-0.2, 0) is 9.53 Å². The maximum absolute atomic E-state index is 12.9. The van der Waals surface area contributed by atoms with Crippen LogP contribution in [0.5, 0.6) is 0 Å². The molecule has 0 radical (unpaired) electrons. The summed E-state index contributed by atoms with van der Waals surface area (Å²) < 4.78 is 6.13. The molecular weight excluding hydrogens is 453 g/mol. The minimum Gasteiger partial charge on any atom is -0.503 e. The third kappa shape index (κ3) is 3.49. The fourth-order valence-corrected chi connectivity index (χ4v) is 3.88. The quantitative estimate of drug-likeness (QED) is 0.519. The molecule has 0 saturated carbocycles. The van der Waals surface area contributed by atoms with Crippen LogP contribution in [0.3, 0.4) is 0 Å². The van der Waals surface area contributed by atoms with Gasteiger partial charge in [-0.2, -0.15) is 0 Å². The Morgan fingerprint density at radius 1 is 1.32 bits per heavy atom. The number of methoxy groups -OCH3 is 1. The molecule has 1 aromatic carbocycles. The molecule has 1 amide bonds. The Hall–Kier alpha value is -1.71. The number of ketones is 1. The maximum Gasteiger partial charge on any atom is 0.290 e. The van der Waals surface area contributed by atoms with E-state index in [9.17, 15) is 14.7 Å². The molecule has 25 heavy (non-hydrogen) atoms. The fraction of sp³-hybridized carbons (Fsp3) is 0.222. The number of halogens is 1. The second-order valence-corrected chi connectivity index (χ2v) is 7.71. The van der Waals surface area contributed by atoms with Crippen LogP contribution >= 0.6 is 33.9 Å². The number of Topliss-reactive ketones (excluding diaryl/α,β-unsaturated/α-hetero) is 1. The normalized spacial score (nSPS) is 17.4. The first kappa shape index (κ1) is 18.1. The molecule has 0 bridgehead atoms. The van der Waals surface area contributed by atoms with Gasteiger partial charge in [-0.25, -0.2) is 0 Å². The largest absolute Gasteiger partial charge is 0.503 e. The van der Waals surface area contributed by atoms with E-state index in [0.29, 0.717) is 11.5 Å². The number of thiophene rings is 1. The number of benzene rings is 1.